The van der Waals surface area contributed by atoms with Gasteiger partial charge in [0, 0.05) is 45.5 Å². The largest absolute Gasteiger partial charge is 0.382 e. The average Bonchev–Trinajstić information content (AvgIpc) is 2.69. The summed E-state index contributed by atoms with van der Waals surface area (Å²) in [4.78, 5) is 16.5. The second-order valence-electron chi connectivity index (χ2n) is 6.29. The van der Waals surface area contributed by atoms with Gasteiger partial charge < -0.3 is 25.4 Å². The van der Waals surface area contributed by atoms with Crippen molar-refractivity contribution in [3.8, 4) is 0 Å². The smallest absolute Gasteiger partial charge is 0.251 e. The maximum Gasteiger partial charge on any atom is 0.251 e. The minimum Gasteiger partial charge on any atom is -0.382 e. The van der Waals surface area contributed by atoms with Crippen molar-refractivity contribution >= 4 is 11.9 Å². The SMILES string of the molecule is CCC(C)NC(=O)c1cccc(CNC(=NC)NCCCOCCOC)c1. The van der Waals surface area contributed by atoms with Gasteiger partial charge in [-0.05, 0) is 37.5 Å². The molecule has 7 nitrogen and oxygen atoms in total. The molecule has 0 fully saturated rings. The number of hydrogen-bond donors (Lipinski definition) is 3. The van der Waals surface area contributed by atoms with Gasteiger partial charge in [-0.15, -0.1) is 0 Å². The second kappa shape index (κ2) is 14.0. The first kappa shape index (κ1) is 22.9. The highest BCUT2D eigenvalue weighted by Gasteiger charge is 2.09. The first-order chi connectivity index (χ1) is 13.1. The molecule has 0 heterocycles. The fraction of sp³-hybridized carbons (Fsp3) is 0.600. The molecule has 0 saturated heterocycles. The Morgan fingerprint density at radius 1 is 1.22 bits per heavy atom. The lowest BCUT2D eigenvalue weighted by atomic mass is 10.1. The molecule has 1 unspecified atom stereocenters. The van der Waals surface area contributed by atoms with Crippen LogP contribution in [-0.2, 0) is 16.0 Å². The summed E-state index contributed by atoms with van der Waals surface area (Å²) in [5.41, 5.74) is 1.70. The first-order valence-electron chi connectivity index (χ1n) is 9.51. The van der Waals surface area contributed by atoms with Crippen LogP contribution >= 0.6 is 0 Å². The highest BCUT2D eigenvalue weighted by atomic mass is 16.5. The van der Waals surface area contributed by atoms with Crippen molar-refractivity contribution < 1.29 is 14.3 Å². The van der Waals surface area contributed by atoms with E-state index in [1.54, 1.807) is 14.2 Å². The van der Waals surface area contributed by atoms with Gasteiger partial charge in [-0.3, -0.25) is 9.79 Å². The van der Waals surface area contributed by atoms with Crippen molar-refractivity contribution in [2.45, 2.75) is 39.3 Å². The number of nitrogens with one attached hydrogen (secondary N) is 3. The fourth-order valence-electron chi connectivity index (χ4n) is 2.26. The monoisotopic (exact) mass is 378 g/mol. The fourth-order valence-corrected chi connectivity index (χ4v) is 2.26. The van der Waals surface area contributed by atoms with Crippen molar-refractivity contribution in [2.24, 2.45) is 4.99 Å². The lowest BCUT2D eigenvalue weighted by Crippen LogP contribution is -2.37. The summed E-state index contributed by atoms with van der Waals surface area (Å²) >= 11 is 0. The van der Waals surface area contributed by atoms with Crippen molar-refractivity contribution in [3.63, 3.8) is 0 Å². The number of amides is 1. The molecule has 0 radical (unpaired) electrons. The maximum atomic E-state index is 12.2. The summed E-state index contributed by atoms with van der Waals surface area (Å²) in [6.07, 6.45) is 1.79. The Hall–Kier alpha value is -2.12. The normalized spacial score (nSPS) is 12.5. The quantitative estimate of drug-likeness (QED) is 0.294. The Kier molecular flexibility index (Phi) is 11.9. The number of hydrogen-bond acceptors (Lipinski definition) is 4. The van der Waals surface area contributed by atoms with Crippen LogP contribution in [0.1, 0.15) is 42.6 Å². The number of carbonyl (C=O) groups excluding carboxylic acids is 1. The number of carbonyl (C=O) groups is 1. The number of ether oxygens (including phenoxy) is 2. The third-order valence-corrected chi connectivity index (χ3v) is 4.05. The lowest BCUT2D eigenvalue weighted by molar-refractivity contribution is 0.0698. The number of methoxy groups -OCH3 is 1. The molecule has 0 bridgehead atoms. The molecule has 0 aliphatic carbocycles. The van der Waals surface area contributed by atoms with E-state index < -0.39 is 0 Å². The van der Waals surface area contributed by atoms with Crippen molar-refractivity contribution in [1.29, 1.82) is 0 Å². The van der Waals surface area contributed by atoms with Gasteiger partial charge in [0.2, 0.25) is 0 Å². The van der Waals surface area contributed by atoms with Gasteiger partial charge in [-0.2, -0.15) is 0 Å². The lowest BCUT2D eigenvalue weighted by Gasteiger charge is -2.14. The summed E-state index contributed by atoms with van der Waals surface area (Å²) < 4.78 is 10.4. The van der Waals surface area contributed by atoms with Crippen LogP contribution in [0.3, 0.4) is 0 Å². The highest BCUT2D eigenvalue weighted by molar-refractivity contribution is 5.94. The third kappa shape index (κ3) is 9.96. The van der Waals surface area contributed by atoms with Crippen LogP contribution in [0.15, 0.2) is 29.3 Å². The molecule has 0 aromatic heterocycles. The van der Waals surface area contributed by atoms with Crippen LogP contribution < -0.4 is 16.0 Å². The van der Waals surface area contributed by atoms with E-state index in [4.69, 9.17) is 9.47 Å². The van der Waals surface area contributed by atoms with E-state index in [-0.39, 0.29) is 11.9 Å². The van der Waals surface area contributed by atoms with Gasteiger partial charge in [0.25, 0.3) is 5.91 Å². The van der Waals surface area contributed by atoms with Crippen LogP contribution in [0.25, 0.3) is 0 Å². The molecule has 1 amide bonds. The summed E-state index contributed by atoms with van der Waals surface area (Å²) in [5.74, 6) is 0.684. The van der Waals surface area contributed by atoms with Crippen LogP contribution in [0, 0.1) is 0 Å². The molecule has 0 saturated carbocycles. The van der Waals surface area contributed by atoms with Gasteiger partial charge >= 0.3 is 0 Å². The van der Waals surface area contributed by atoms with Crippen LogP contribution in [0.2, 0.25) is 0 Å². The number of nitrogens with zero attached hydrogens (tertiary/aromatic N) is 1. The molecule has 1 aromatic carbocycles. The molecule has 1 atom stereocenters. The van der Waals surface area contributed by atoms with Gasteiger partial charge in [-0.25, -0.2) is 0 Å². The molecule has 7 heteroatoms. The molecule has 0 spiro atoms. The predicted octanol–water partition coefficient (Wildman–Crippen LogP) is 1.93. The van der Waals surface area contributed by atoms with Crippen molar-refractivity contribution in [1.82, 2.24) is 16.0 Å². The molecule has 1 rings (SSSR count). The minimum absolute atomic E-state index is 0.0396. The maximum absolute atomic E-state index is 12.2. The first-order valence-corrected chi connectivity index (χ1v) is 9.51. The molecule has 0 aliphatic rings. The zero-order valence-electron chi connectivity index (χ0n) is 17.0. The van der Waals surface area contributed by atoms with Crippen LogP contribution in [-0.4, -0.2) is 58.4 Å². The molecule has 3 N–H and O–H groups in total. The molecule has 0 aliphatic heterocycles. The summed E-state index contributed by atoms with van der Waals surface area (Å²) in [7, 11) is 3.40. The van der Waals surface area contributed by atoms with E-state index in [0.29, 0.717) is 31.9 Å². The molecular formula is C20H34N4O3. The zero-order valence-corrected chi connectivity index (χ0v) is 17.0. The van der Waals surface area contributed by atoms with E-state index in [1.165, 1.54) is 0 Å². The Morgan fingerprint density at radius 3 is 2.74 bits per heavy atom. The Morgan fingerprint density at radius 2 is 2.04 bits per heavy atom. The number of benzene rings is 1. The second-order valence-corrected chi connectivity index (χ2v) is 6.29. The van der Waals surface area contributed by atoms with E-state index in [9.17, 15) is 4.79 Å². The van der Waals surface area contributed by atoms with Gasteiger partial charge in [0.15, 0.2) is 5.96 Å². The summed E-state index contributed by atoms with van der Waals surface area (Å²) in [5, 5.41) is 9.50. The minimum atomic E-state index is -0.0396. The standard InChI is InChI=1S/C20H34N4O3/c1-5-16(2)24-19(25)18-9-6-8-17(14-18)15-23-20(21-3)22-10-7-11-27-13-12-26-4/h6,8-9,14,16H,5,7,10-13,15H2,1-4H3,(H,24,25)(H2,21,22,23). The van der Waals surface area contributed by atoms with E-state index >= 15 is 0 Å². The van der Waals surface area contributed by atoms with Gasteiger partial charge in [-0.1, -0.05) is 19.1 Å². The average molecular weight is 379 g/mol. The van der Waals surface area contributed by atoms with Gasteiger partial charge in [0.05, 0.1) is 13.2 Å². The number of guanidine groups is 1. The van der Waals surface area contributed by atoms with Gasteiger partial charge in [0.1, 0.15) is 0 Å². The molecule has 1 aromatic rings. The van der Waals surface area contributed by atoms with Crippen LogP contribution in [0.4, 0.5) is 0 Å². The number of rotatable bonds is 12. The topological polar surface area (TPSA) is 84.0 Å². The summed E-state index contributed by atoms with van der Waals surface area (Å²) in [6.45, 7) is 7.33. The van der Waals surface area contributed by atoms with E-state index in [1.807, 2.05) is 31.2 Å². The third-order valence-electron chi connectivity index (χ3n) is 4.05. The van der Waals surface area contributed by atoms with E-state index in [0.717, 1.165) is 30.9 Å². The Labute approximate surface area is 162 Å². The van der Waals surface area contributed by atoms with Crippen LogP contribution in [0.5, 0.6) is 0 Å². The summed E-state index contributed by atoms with van der Waals surface area (Å²) in [6, 6.07) is 7.79. The Bertz CT molecular complexity index is 578. The van der Waals surface area contributed by atoms with E-state index in [2.05, 4.69) is 27.9 Å². The predicted molar refractivity (Wildman–Crippen MR) is 109 cm³/mol. The molecule has 27 heavy (non-hydrogen) atoms. The number of aliphatic imine (C=N–C) groups is 1. The molecular weight excluding hydrogens is 344 g/mol. The molecule has 152 valence electrons. The zero-order chi connectivity index (χ0) is 19.9. The van der Waals surface area contributed by atoms with Crippen molar-refractivity contribution in [3.05, 3.63) is 35.4 Å². The highest BCUT2D eigenvalue weighted by Crippen LogP contribution is 2.06. The Balaban J connectivity index is 2.38. The van der Waals surface area contributed by atoms with Crippen molar-refractivity contribution in [2.75, 3.05) is 40.5 Å².